The summed E-state index contributed by atoms with van der Waals surface area (Å²) in [6.45, 7) is 2.36. The number of anilines is 2. The summed E-state index contributed by atoms with van der Waals surface area (Å²) in [5.41, 5.74) is 2.20. The van der Waals surface area contributed by atoms with E-state index in [4.69, 9.17) is 5.84 Å². The Morgan fingerprint density at radius 2 is 2.06 bits per heavy atom. The molecule has 1 aliphatic rings. The Balaban J connectivity index is 2.09. The SMILES string of the molecule is CC1CCC(CO)(Nc2cncc(NN)n2)CC1. The fourth-order valence-electron chi connectivity index (χ4n) is 2.40. The molecule has 0 spiro atoms. The van der Waals surface area contributed by atoms with Gasteiger partial charge in [0.05, 0.1) is 24.5 Å². The molecule has 100 valence electrons. The van der Waals surface area contributed by atoms with Gasteiger partial charge in [0.25, 0.3) is 0 Å². The lowest BCUT2D eigenvalue weighted by atomic mass is 9.77. The molecule has 0 atom stereocenters. The van der Waals surface area contributed by atoms with Crippen molar-refractivity contribution < 1.29 is 5.11 Å². The highest BCUT2D eigenvalue weighted by Crippen LogP contribution is 2.33. The van der Waals surface area contributed by atoms with E-state index in [9.17, 15) is 5.11 Å². The van der Waals surface area contributed by atoms with Crippen molar-refractivity contribution >= 4 is 11.6 Å². The van der Waals surface area contributed by atoms with E-state index in [-0.39, 0.29) is 12.1 Å². The molecule has 0 aliphatic heterocycles. The number of hydrogen-bond donors (Lipinski definition) is 4. The summed E-state index contributed by atoms with van der Waals surface area (Å²) in [5, 5.41) is 13.0. The molecule has 6 heteroatoms. The number of hydrazine groups is 1. The Kier molecular flexibility index (Phi) is 3.98. The van der Waals surface area contributed by atoms with Gasteiger partial charge in [0.1, 0.15) is 5.82 Å². The van der Waals surface area contributed by atoms with E-state index in [1.54, 1.807) is 12.4 Å². The number of rotatable bonds is 4. The second-order valence-electron chi connectivity index (χ2n) is 5.18. The quantitative estimate of drug-likeness (QED) is 0.473. The molecule has 1 aromatic rings. The fraction of sp³-hybridized carbons (Fsp3) is 0.667. The van der Waals surface area contributed by atoms with Gasteiger partial charge in [-0.2, -0.15) is 0 Å². The van der Waals surface area contributed by atoms with Crippen molar-refractivity contribution in [2.75, 3.05) is 17.3 Å². The van der Waals surface area contributed by atoms with Crippen LogP contribution in [0.2, 0.25) is 0 Å². The molecule has 0 radical (unpaired) electrons. The van der Waals surface area contributed by atoms with Gasteiger partial charge in [0, 0.05) is 0 Å². The monoisotopic (exact) mass is 251 g/mol. The van der Waals surface area contributed by atoms with E-state index in [0.717, 1.165) is 31.6 Å². The van der Waals surface area contributed by atoms with Crippen LogP contribution in [-0.2, 0) is 0 Å². The molecular weight excluding hydrogens is 230 g/mol. The van der Waals surface area contributed by atoms with E-state index in [1.165, 1.54) is 0 Å². The van der Waals surface area contributed by atoms with Crippen molar-refractivity contribution in [3.05, 3.63) is 12.4 Å². The molecule has 1 aliphatic carbocycles. The zero-order chi connectivity index (χ0) is 13.0. The Bertz CT molecular complexity index is 390. The van der Waals surface area contributed by atoms with Crippen LogP contribution in [0.15, 0.2) is 12.4 Å². The summed E-state index contributed by atoms with van der Waals surface area (Å²) in [5.74, 6) is 7.20. The first-order chi connectivity index (χ1) is 8.67. The van der Waals surface area contributed by atoms with Crippen LogP contribution in [0.5, 0.6) is 0 Å². The lowest BCUT2D eigenvalue weighted by Gasteiger charge is -2.39. The maximum absolute atomic E-state index is 9.66. The van der Waals surface area contributed by atoms with Gasteiger partial charge in [-0.25, -0.2) is 10.8 Å². The van der Waals surface area contributed by atoms with Gasteiger partial charge in [0.15, 0.2) is 5.82 Å². The highest BCUT2D eigenvalue weighted by Gasteiger charge is 2.33. The van der Waals surface area contributed by atoms with Gasteiger partial charge in [-0.15, -0.1) is 0 Å². The summed E-state index contributed by atoms with van der Waals surface area (Å²) in [6, 6.07) is 0. The minimum atomic E-state index is -0.269. The average Bonchev–Trinajstić information content (AvgIpc) is 2.42. The topological polar surface area (TPSA) is 96.1 Å². The number of nitrogens with zero attached hydrogens (tertiary/aromatic N) is 2. The molecule has 1 heterocycles. The summed E-state index contributed by atoms with van der Waals surface area (Å²) >= 11 is 0. The smallest absolute Gasteiger partial charge is 0.160 e. The van der Waals surface area contributed by atoms with E-state index in [0.29, 0.717) is 11.6 Å². The van der Waals surface area contributed by atoms with Gasteiger partial charge in [0.2, 0.25) is 0 Å². The molecular formula is C12H21N5O. The lowest BCUT2D eigenvalue weighted by Crippen LogP contribution is -2.45. The first kappa shape index (κ1) is 13.0. The molecule has 0 bridgehead atoms. The van der Waals surface area contributed by atoms with Crippen molar-refractivity contribution in [2.24, 2.45) is 11.8 Å². The van der Waals surface area contributed by atoms with Crippen LogP contribution in [0, 0.1) is 5.92 Å². The van der Waals surface area contributed by atoms with Gasteiger partial charge in [-0.05, 0) is 31.6 Å². The van der Waals surface area contributed by atoms with Gasteiger partial charge < -0.3 is 15.8 Å². The van der Waals surface area contributed by atoms with Crippen molar-refractivity contribution in [1.29, 1.82) is 0 Å². The Morgan fingerprint density at radius 3 is 2.67 bits per heavy atom. The average molecular weight is 251 g/mol. The maximum atomic E-state index is 9.66. The second-order valence-corrected chi connectivity index (χ2v) is 5.18. The van der Waals surface area contributed by atoms with Crippen LogP contribution in [-0.4, -0.2) is 27.2 Å². The van der Waals surface area contributed by atoms with Gasteiger partial charge in [-0.1, -0.05) is 6.92 Å². The third-order valence-corrected chi connectivity index (χ3v) is 3.71. The van der Waals surface area contributed by atoms with E-state index >= 15 is 0 Å². The third-order valence-electron chi connectivity index (χ3n) is 3.71. The number of nitrogens with one attached hydrogen (secondary N) is 2. The maximum Gasteiger partial charge on any atom is 0.160 e. The van der Waals surface area contributed by atoms with Crippen molar-refractivity contribution in [3.63, 3.8) is 0 Å². The molecule has 2 rings (SSSR count). The second kappa shape index (κ2) is 5.49. The number of hydrogen-bond acceptors (Lipinski definition) is 6. The van der Waals surface area contributed by atoms with Crippen molar-refractivity contribution in [3.8, 4) is 0 Å². The van der Waals surface area contributed by atoms with Crippen molar-refractivity contribution in [2.45, 2.75) is 38.1 Å². The number of nitrogens with two attached hydrogens (primary N) is 1. The van der Waals surface area contributed by atoms with Crippen molar-refractivity contribution in [1.82, 2.24) is 9.97 Å². The number of aliphatic hydroxyl groups excluding tert-OH is 1. The Morgan fingerprint density at radius 1 is 1.39 bits per heavy atom. The summed E-state index contributed by atoms with van der Waals surface area (Å²) in [4.78, 5) is 8.33. The van der Waals surface area contributed by atoms with Crippen LogP contribution in [0.25, 0.3) is 0 Å². The molecule has 0 aromatic carbocycles. The molecule has 18 heavy (non-hydrogen) atoms. The summed E-state index contributed by atoms with van der Waals surface area (Å²) in [7, 11) is 0. The molecule has 1 fully saturated rings. The van der Waals surface area contributed by atoms with Crippen LogP contribution in [0.1, 0.15) is 32.6 Å². The zero-order valence-corrected chi connectivity index (χ0v) is 10.7. The molecule has 0 saturated heterocycles. The third kappa shape index (κ3) is 2.88. The minimum absolute atomic E-state index is 0.113. The molecule has 5 N–H and O–H groups in total. The molecule has 6 nitrogen and oxygen atoms in total. The zero-order valence-electron chi connectivity index (χ0n) is 10.7. The normalized spacial score (nSPS) is 27.8. The molecule has 0 unspecified atom stereocenters. The van der Waals surface area contributed by atoms with E-state index in [1.807, 2.05) is 0 Å². The first-order valence-corrected chi connectivity index (χ1v) is 6.35. The number of nitrogen functional groups attached to an aromatic ring is 1. The highest BCUT2D eigenvalue weighted by atomic mass is 16.3. The predicted molar refractivity (Wildman–Crippen MR) is 70.9 cm³/mol. The standard InChI is InChI=1S/C12H21N5O/c1-9-2-4-12(8-18,5-3-9)16-10-6-14-7-11(15-10)17-13/h6-7,9,18H,2-5,8,13H2,1H3,(H2,15,16,17). The molecule has 1 aromatic heterocycles. The Hall–Kier alpha value is -1.40. The highest BCUT2D eigenvalue weighted by molar-refractivity contribution is 5.42. The van der Waals surface area contributed by atoms with Crippen LogP contribution >= 0.6 is 0 Å². The van der Waals surface area contributed by atoms with E-state index < -0.39 is 0 Å². The molecule has 0 amide bonds. The van der Waals surface area contributed by atoms with Crippen LogP contribution in [0.4, 0.5) is 11.6 Å². The minimum Gasteiger partial charge on any atom is -0.394 e. The summed E-state index contributed by atoms with van der Waals surface area (Å²) in [6.07, 6.45) is 7.35. The van der Waals surface area contributed by atoms with E-state index in [2.05, 4.69) is 27.6 Å². The van der Waals surface area contributed by atoms with Gasteiger partial charge >= 0.3 is 0 Å². The van der Waals surface area contributed by atoms with Crippen LogP contribution < -0.4 is 16.6 Å². The van der Waals surface area contributed by atoms with Gasteiger partial charge in [-0.3, -0.25) is 4.98 Å². The first-order valence-electron chi connectivity index (χ1n) is 6.35. The molecule has 1 saturated carbocycles. The van der Waals surface area contributed by atoms with Crippen LogP contribution in [0.3, 0.4) is 0 Å². The predicted octanol–water partition coefficient (Wildman–Crippen LogP) is 1.12. The fourth-order valence-corrected chi connectivity index (χ4v) is 2.40. The Labute approximate surface area is 107 Å². The largest absolute Gasteiger partial charge is 0.394 e. The number of aliphatic hydroxyl groups is 1. The summed E-state index contributed by atoms with van der Waals surface area (Å²) < 4.78 is 0. The lowest BCUT2D eigenvalue weighted by molar-refractivity contribution is 0.155. The number of aromatic nitrogens is 2.